The number of aliphatic carboxylic acids is 1. The van der Waals surface area contributed by atoms with Crippen LogP contribution in [0.25, 0.3) is 0 Å². The Labute approximate surface area is 139 Å². The van der Waals surface area contributed by atoms with Gasteiger partial charge in [-0.3, -0.25) is 9.59 Å². The van der Waals surface area contributed by atoms with E-state index in [2.05, 4.69) is 17.1 Å². The van der Waals surface area contributed by atoms with Gasteiger partial charge >= 0.3 is 5.97 Å². The number of carbonyl (C=O) groups is 2. The topological polar surface area (TPSA) is 70.5 Å². The van der Waals surface area contributed by atoms with E-state index in [1.807, 2.05) is 30.5 Å². The second-order valence-electron chi connectivity index (χ2n) is 5.19. The van der Waals surface area contributed by atoms with Crippen molar-refractivity contribution in [1.82, 2.24) is 9.88 Å². The smallest absolute Gasteiger partial charge is 0.305 e. The number of carboxylic acid groups (broad SMARTS) is 1. The number of benzene rings is 1. The number of hydrogen-bond acceptors (Lipinski definition) is 4. The fourth-order valence-corrected chi connectivity index (χ4v) is 3.07. The predicted molar refractivity (Wildman–Crippen MR) is 89.6 cm³/mol. The molecule has 2 aromatic rings. The molecule has 1 N–H and O–H groups in total. The minimum Gasteiger partial charge on any atom is -0.481 e. The standard InChI is InChI=1S/C17H20N2O3S/c1-2-19(9-8-17(21)22)16(20)11-14-12-23-15(18-14)10-13-6-4-3-5-7-13/h3-7,12H,2,8-11H2,1H3,(H,21,22). The Kier molecular flexibility index (Phi) is 6.29. The highest BCUT2D eigenvalue weighted by atomic mass is 32.1. The summed E-state index contributed by atoms with van der Waals surface area (Å²) in [7, 11) is 0. The van der Waals surface area contributed by atoms with E-state index >= 15 is 0 Å². The van der Waals surface area contributed by atoms with E-state index in [0.29, 0.717) is 6.54 Å². The van der Waals surface area contributed by atoms with Gasteiger partial charge in [0.2, 0.25) is 5.91 Å². The van der Waals surface area contributed by atoms with Crippen molar-refractivity contribution >= 4 is 23.2 Å². The van der Waals surface area contributed by atoms with Gasteiger partial charge in [0.1, 0.15) is 0 Å². The summed E-state index contributed by atoms with van der Waals surface area (Å²) in [6.45, 7) is 2.60. The maximum absolute atomic E-state index is 12.2. The van der Waals surface area contributed by atoms with Crippen LogP contribution in [0, 0.1) is 0 Å². The first-order valence-corrected chi connectivity index (χ1v) is 8.43. The molecule has 0 aliphatic carbocycles. The molecular formula is C17H20N2O3S. The highest BCUT2D eigenvalue weighted by Crippen LogP contribution is 2.15. The first-order valence-electron chi connectivity index (χ1n) is 7.55. The van der Waals surface area contributed by atoms with E-state index in [4.69, 9.17) is 5.11 Å². The van der Waals surface area contributed by atoms with Gasteiger partial charge in [0.25, 0.3) is 0 Å². The van der Waals surface area contributed by atoms with Crippen LogP contribution in [-0.4, -0.2) is 40.0 Å². The first-order chi connectivity index (χ1) is 11.1. The molecule has 0 saturated heterocycles. The van der Waals surface area contributed by atoms with Gasteiger partial charge in [-0.1, -0.05) is 30.3 Å². The summed E-state index contributed by atoms with van der Waals surface area (Å²) in [6, 6.07) is 10.1. The molecule has 0 unspecified atom stereocenters. The first kappa shape index (κ1) is 17.1. The molecule has 1 heterocycles. The Balaban J connectivity index is 1.92. The molecule has 1 aromatic carbocycles. The lowest BCUT2D eigenvalue weighted by atomic mass is 10.2. The van der Waals surface area contributed by atoms with Crippen molar-refractivity contribution in [3.05, 3.63) is 52.0 Å². The van der Waals surface area contributed by atoms with E-state index in [1.54, 1.807) is 16.2 Å². The van der Waals surface area contributed by atoms with Crippen LogP contribution < -0.4 is 0 Å². The van der Waals surface area contributed by atoms with Crippen LogP contribution in [0.15, 0.2) is 35.7 Å². The Morgan fingerprint density at radius 1 is 1.26 bits per heavy atom. The van der Waals surface area contributed by atoms with E-state index in [-0.39, 0.29) is 25.3 Å². The monoisotopic (exact) mass is 332 g/mol. The quantitative estimate of drug-likeness (QED) is 0.806. The normalized spacial score (nSPS) is 10.5. The summed E-state index contributed by atoms with van der Waals surface area (Å²) in [5, 5.41) is 11.6. The highest BCUT2D eigenvalue weighted by Gasteiger charge is 2.15. The number of nitrogens with zero attached hydrogens (tertiary/aromatic N) is 2. The zero-order chi connectivity index (χ0) is 16.7. The third kappa shape index (κ3) is 5.49. The number of amides is 1. The van der Waals surface area contributed by atoms with Crippen molar-refractivity contribution in [2.24, 2.45) is 0 Å². The number of rotatable bonds is 8. The molecule has 1 aromatic heterocycles. The van der Waals surface area contributed by atoms with Gasteiger partial charge in [0, 0.05) is 24.9 Å². The maximum atomic E-state index is 12.2. The summed E-state index contributed by atoms with van der Waals surface area (Å²) < 4.78 is 0. The molecule has 23 heavy (non-hydrogen) atoms. The predicted octanol–water partition coefficient (Wildman–Crippen LogP) is 2.60. The highest BCUT2D eigenvalue weighted by molar-refractivity contribution is 7.09. The molecule has 0 aliphatic rings. The zero-order valence-corrected chi connectivity index (χ0v) is 13.9. The molecule has 0 bridgehead atoms. The Hall–Kier alpha value is -2.21. The Morgan fingerprint density at radius 2 is 2.00 bits per heavy atom. The molecular weight excluding hydrogens is 312 g/mol. The zero-order valence-electron chi connectivity index (χ0n) is 13.1. The second kappa shape index (κ2) is 8.43. The van der Waals surface area contributed by atoms with Gasteiger partial charge in [-0.2, -0.15) is 0 Å². The van der Waals surface area contributed by atoms with Gasteiger partial charge in [0.15, 0.2) is 0 Å². The number of carbonyl (C=O) groups excluding carboxylic acids is 1. The van der Waals surface area contributed by atoms with Crippen LogP contribution in [-0.2, 0) is 22.4 Å². The van der Waals surface area contributed by atoms with E-state index in [1.165, 1.54) is 5.56 Å². The van der Waals surface area contributed by atoms with Crippen LogP contribution in [0.5, 0.6) is 0 Å². The van der Waals surface area contributed by atoms with Crippen molar-refractivity contribution in [2.75, 3.05) is 13.1 Å². The van der Waals surface area contributed by atoms with E-state index in [0.717, 1.165) is 17.1 Å². The van der Waals surface area contributed by atoms with Crippen molar-refractivity contribution in [3.8, 4) is 0 Å². The Morgan fingerprint density at radius 3 is 2.65 bits per heavy atom. The van der Waals surface area contributed by atoms with Crippen molar-refractivity contribution in [3.63, 3.8) is 0 Å². The van der Waals surface area contributed by atoms with Crippen molar-refractivity contribution in [1.29, 1.82) is 0 Å². The lowest BCUT2D eigenvalue weighted by molar-refractivity contribution is -0.138. The van der Waals surface area contributed by atoms with E-state index < -0.39 is 5.97 Å². The largest absolute Gasteiger partial charge is 0.481 e. The average Bonchev–Trinajstić information content (AvgIpc) is 2.95. The van der Waals surface area contributed by atoms with Crippen LogP contribution in [0.1, 0.15) is 29.6 Å². The number of aromatic nitrogens is 1. The molecule has 1 amide bonds. The van der Waals surface area contributed by atoms with Gasteiger partial charge in [-0.25, -0.2) is 4.98 Å². The summed E-state index contributed by atoms with van der Waals surface area (Å²) in [6.07, 6.45) is 0.949. The number of thiazole rings is 1. The number of carboxylic acids is 1. The summed E-state index contributed by atoms with van der Waals surface area (Å²) in [4.78, 5) is 28.9. The molecule has 6 heteroatoms. The van der Waals surface area contributed by atoms with Gasteiger partial charge in [-0.15, -0.1) is 11.3 Å². The molecule has 0 spiro atoms. The Bertz CT molecular complexity index is 655. The summed E-state index contributed by atoms with van der Waals surface area (Å²) >= 11 is 1.55. The van der Waals surface area contributed by atoms with Crippen molar-refractivity contribution in [2.45, 2.75) is 26.2 Å². The number of hydrogen-bond donors (Lipinski definition) is 1. The lowest BCUT2D eigenvalue weighted by Gasteiger charge is -2.19. The third-order valence-electron chi connectivity index (χ3n) is 3.46. The van der Waals surface area contributed by atoms with Gasteiger partial charge < -0.3 is 10.0 Å². The average molecular weight is 332 g/mol. The minimum atomic E-state index is -0.893. The summed E-state index contributed by atoms with van der Waals surface area (Å²) in [5.74, 6) is -0.972. The van der Waals surface area contributed by atoms with Crippen LogP contribution in [0.4, 0.5) is 0 Å². The minimum absolute atomic E-state index is 0.0318. The molecule has 0 fully saturated rings. The van der Waals surface area contributed by atoms with E-state index in [9.17, 15) is 9.59 Å². The molecule has 122 valence electrons. The lowest BCUT2D eigenvalue weighted by Crippen LogP contribution is -2.34. The second-order valence-corrected chi connectivity index (χ2v) is 6.13. The molecule has 0 radical (unpaired) electrons. The molecule has 0 saturated carbocycles. The van der Waals surface area contributed by atoms with Crippen LogP contribution >= 0.6 is 11.3 Å². The maximum Gasteiger partial charge on any atom is 0.305 e. The van der Waals surface area contributed by atoms with Gasteiger partial charge in [-0.05, 0) is 12.5 Å². The molecule has 2 rings (SSSR count). The number of likely N-dealkylation sites (N-methyl/N-ethyl adjacent to an activating group) is 1. The molecule has 5 nitrogen and oxygen atoms in total. The SMILES string of the molecule is CCN(CCC(=O)O)C(=O)Cc1csc(Cc2ccccc2)n1. The fourth-order valence-electron chi connectivity index (χ4n) is 2.24. The van der Waals surface area contributed by atoms with Crippen LogP contribution in [0.3, 0.4) is 0 Å². The molecule has 0 atom stereocenters. The van der Waals surface area contributed by atoms with Gasteiger partial charge in [0.05, 0.1) is 23.5 Å². The molecule has 0 aliphatic heterocycles. The third-order valence-corrected chi connectivity index (χ3v) is 4.36. The summed E-state index contributed by atoms with van der Waals surface area (Å²) in [5.41, 5.74) is 1.94. The van der Waals surface area contributed by atoms with Crippen molar-refractivity contribution < 1.29 is 14.7 Å². The fraction of sp³-hybridized carbons (Fsp3) is 0.353. The van der Waals surface area contributed by atoms with Crippen LogP contribution in [0.2, 0.25) is 0 Å².